The van der Waals surface area contributed by atoms with Gasteiger partial charge in [-0.3, -0.25) is 0 Å². The Morgan fingerprint density at radius 2 is 1.75 bits per heavy atom. The maximum absolute atomic E-state index is 9.13. The van der Waals surface area contributed by atoms with Crippen LogP contribution in [0, 0.1) is 0 Å². The molecule has 0 radical (unpaired) electrons. The lowest BCUT2D eigenvalue weighted by Gasteiger charge is -2.19. The first kappa shape index (κ1) is 13.0. The molecule has 0 heterocycles. The number of hydrogen-bond acceptors (Lipinski definition) is 3. The zero-order chi connectivity index (χ0) is 12.2. The number of ether oxygens (including phenoxy) is 1. The standard InChI is InChI=1S/C13H20O3/c1-13(2,3)10-4-6-12(7-5-10)16-9-11(15)8-14/h4-7,11,14-15H,8-9H2,1-3H3/t11-/m0/s1. The van der Waals surface area contributed by atoms with Crippen LogP contribution in [0.1, 0.15) is 26.3 Å². The van der Waals surface area contributed by atoms with E-state index in [1.807, 2.05) is 24.3 Å². The van der Waals surface area contributed by atoms with Crippen molar-refractivity contribution < 1.29 is 14.9 Å². The molecule has 1 aromatic rings. The fraction of sp³-hybridized carbons (Fsp3) is 0.538. The number of aliphatic hydroxyl groups excluding tert-OH is 2. The Morgan fingerprint density at radius 3 is 2.19 bits per heavy atom. The summed E-state index contributed by atoms with van der Waals surface area (Å²) in [6.07, 6.45) is -0.817. The van der Waals surface area contributed by atoms with Gasteiger partial charge in [0.25, 0.3) is 0 Å². The van der Waals surface area contributed by atoms with E-state index in [9.17, 15) is 0 Å². The summed E-state index contributed by atoms with van der Waals surface area (Å²) in [6.45, 7) is 6.29. The smallest absolute Gasteiger partial charge is 0.119 e. The molecule has 3 heteroatoms. The van der Waals surface area contributed by atoms with E-state index in [0.29, 0.717) is 5.75 Å². The fourth-order valence-corrected chi connectivity index (χ4v) is 1.30. The highest BCUT2D eigenvalue weighted by atomic mass is 16.5. The monoisotopic (exact) mass is 224 g/mol. The van der Waals surface area contributed by atoms with Crippen molar-refractivity contribution in [3.8, 4) is 5.75 Å². The molecule has 0 aromatic heterocycles. The van der Waals surface area contributed by atoms with E-state index >= 15 is 0 Å². The summed E-state index contributed by atoms with van der Waals surface area (Å²) < 4.78 is 5.32. The number of benzene rings is 1. The Hall–Kier alpha value is -1.06. The third-order valence-electron chi connectivity index (χ3n) is 2.37. The molecular formula is C13H20O3. The molecular weight excluding hydrogens is 204 g/mol. The SMILES string of the molecule is CC(C)(C)c1ccc(OC[C@@H](O)CO)cc1. The molecule has 1 aromatic carbocycles. The van der Waals surface area contributed by atoms with Crippen LogP contribution in [0.25, 0.3) is 0 Å². The molecule has 0 aliphatic heterocycles. The summed E-state index contributed by atoms with van der Waals surface area (Å²) in [5.74, 6) is 0.709. The van der Waals surface area contributed by atoms with Gasteiger partial charge in [-0.15, -0.1) is 0 Å². The Balaban J connectivity index is 2.58. The van der Waals surface area contributed by atoms with E-state index in [0.717, 1.165) is 0 Å². The van der Waals surface area contributed by atoms with Gasteiger partial charge in [-0.1, -0.05) is 32.9 Å². The van der Waals surface area contributed by atoms with E-state index in [1.54, 1.807) is 0 Å². The lowest BCUT2D eigenvalue weighted by molar-refractivity contribution is 0.0536. The van der Waals surface area contributed by atoms with Crippen LogP contribution < -0.4 is 4.74 Å². The zero-order valence-electron chi connectivity index (χ0n) is 10.1. The zero-order valence-corrected chi connectivity index (χ0v) is 10.1. The van der Waals surface area contributed by atoms with Gasteiger partial charge in [-0.25, -0.2) is 0 Å². The Bertz CT molecular complexity index is 311. The maximum atomic E-state index is 9.13. The van der Waals surface area contributed by atoms with E-state index in [4.69, 9.17) is 14.9 Å². The van der Waals surface area contributed by atoms with Crippen molar-refractivity contribution in [1.82, 2.24) is 0 Å². The second kappa shape index (κ2) is 5.32. The van der Waals surface area contributed by atoms with Crippen LogP contribution in [0.3, 0.4) is 0 Å². The fourth-order valence-electron chi connectivity index (χ4n) is 1.30. The molecule has 0 spiro atoms. The van der Waals surface area contributed by atoms with Crippen molar-refractivity contribution >= 4 is 0 Å². The lowest BCUT2D eigenvalue weighted by Crippen LogP contribution is -2.21. The molecule has 0 saturated heterocycles. The average molecular weight is 224 g/mol. The van der Waals surface area contributed by atoms with Crippen LogP contribution in [0.5, 0.6) is 5.75 Å². The average Bonchev–Trinajstić information content (AvgIpc) is 2.25. The van der Waals surface area contributed by atoms with Gasteiger partial charge in [-0.05, 0) is 23.1 Å². The van der Waals surface area contributed by atoms with Crippen molar-refractivity contribution in [2.24, 2.45) is 0 Å². The molecule has 0 fully saturated rings. The van der Waals surface area contributed by atoms with Gasteiger partial charge in [0.1, 0.15) is 18.5 Å². The van der Waals surface area contributed by atoms with Crippen molar-refractivity contribution in [2.45, 2.75) is 32.3 Å². The van der Waals surface area contributed by atoms with Crippen LogP contribution in [-0.4, -0.2) is 29.5 Å². The summed E-state index contributed by atoms with van der Waals surface area (Å²) in [7, 11) is 0. The highest BCUT2D eigenvalue weighted by Crippen LogP contribution is 2.24. The van der Waals surface area contributed by atoms with Crippen molar-refractivity contribution in [3.05, 3.63) is 29.8 Å². The van der Waals surface area contributed by atoms with Gasteiger partial charge in [0.2, 0.25) is 0 Å². The molecule has 1 rings (SSSR count). The first-order valence-corrected chi connectivity index (χ1v) is 5.46. The lowest BCUT2D eigenvalue weighted by atomic mass is 9.87. The summed E-state index contributed by atoms with van der Waals surface area (Å²) in [6, 6.07) is 7.79. The molecule has 3 nitrogen and oxygen atoms in total. The normalized spacial score (nSPS) is 13.6. The molecule has 0 unspecified atom stereocenters. The quantitative estimate of drug-likeness (QED) is 0.818. The highest BCUT2D eigenvalue weighted by Gasteiger charge is 2.13. The first-order valence-electron chi connectivity index (χ1n) is 5.46. The minimum atomic E-state index is -0.817. The molecule has 0 aliphatic rings. The highest BCUT2D eigenvalue weighted by molar-refractivity contribution is 5.31. The minimum Gasteiger partial charge on any atom is -0.491 e. The van der Waals surface area contributed by atoms with Crippen LogP contribution in [0.2, 0.25) is 0 Å². The molecule has 0 bridgehead atoms. The van der Waals surface area contributed by atoms with Crippen molar-refractivity contribution in [1.29, 1.82) is 0 Å². The summed E-state index contributed by atoms with van der Waals surface area (Å²) in [5.41, 5.74) is 1.37. The van der Waals surface area contributed by atoms with Gasteiger partial charge in [0.15, 0.2) is 0 Å². The summed E-state index contributed by atoms with van der Waals surface area (Å²) in [4.78, 5) is 0. The number of aliphatic hydroxyl groups is 2. The predicted molar refractivity (Wildman–Crippen MR) is 63.7 cm³/mol. The maximum Gasteiger partial charge on any atom is 0.119 e. The van der Waals surface area contributed by atoms with Crippen molar-refractivity contribution in [2.75, 3.05) is 13.2 Å². The molecule has 0 saturated carbocycles. The number of rotatable bonds is 4. The first-order chi connectivity index (χ1) is 7.43. The van der Waals surface area contributed by atoms with E-state index in [2.05, 4.69) is 20.8 Å². The minimum absolute atomic E-state index is 0.116. The second-order valence-electron chi connectivity index (χ2n) is 4.92. The largest absolute Gasteiger partial charge is 0.491 e. The summed E-state index contributed by atoms with van der Waals surface area (Å²) >= 11 is 0. The van der Waals surface area contributed by atoms with Gasteiger partial charge in [0.05, 0.1) is 6.61 Å². The van der Waals surface area contributed by atoms with Gasteiger partial charge in [-0.2, -0.15) is 0 Å². The molecule has 0 aliphatic carbocycles. The third-order valence-corrected chi connectivity index (χ3v) is 2.37. The van der Waals surface area contributed by atoms with Gasteiger partial charge >= 0.3 is 0 Å². The number of hydrogen-bond donors (Lipinski definition) is 2. The molecule has 90 valence electrons. The van der Waals surface area contributed by atoms with Gasteiger partial charge < -0.3 is 14.9 Å². The van der Waals surface area contributed by atoms with Crippen LogP contribution >= 0.6 is 0 Å². The van der Waals surface area contributed by atoms with Crippen LogP contribution in [0.15, 0.2) is 24.3 Å². The Labute approximate surface area is 96.7 Å². The van der Waals surface area contributed by atoms with Crippen molar-refractivity contribution in [3.63, 3.8) is 0 Å². The Morgan fingerprint density at radius 1 is 1.19 bits per heavy atom. The summed E-state index contributed by atoms with van der Waals surface area (Å²) in [5, 5.41) is 17.8. The van der Waals surface area contributed by atoms with Crippen LogP contribution in [-0.2, 0) is 5.41 Å². The molecule has 1 atom stereocenters. The van der Waals surface area contributed by atoms with Crippen LogP contribution in [0.4, 0.5) is 0 Å². The third kappa shape index (κ3) is 3.83. The van der Waals surface area contributed by atoms with E-state index in [-0.39, 0.29) is 18.6 Å². The van der Waals surface area contributed by atoms with Gasteiger partial charge in [0, 0.05) is 0 Å². The molecule has 2 N–H and O–H groups in total. The molecule has 16 heavy (non-hydrogen) atoms. The van der Waals surface area contributed by atoms with E-state index < -0.39 is 6.10 Å². The Kier molecular flexibility index (Phi) is 4.33. The van der Waals surface area contributed by atoms with E-state index in [1.165, 1.54) is 5.56 Å². The second-order valence-corrected chi connectivity index (χ2v) is 4.92. The molecule has 0 amide bonds. The predicted octanol–water partition coefficient (Wildman–Crippen LogP) is 1.72. The topological polar surface area (TPSA) is 49.7 Å².